The van der Waals surface area contributed by atoms with Crippen LogP contribution in [0.25, 0.3) is 0 Å². The van der Waals surface area contributed by atoms with E-state index >= 15 is 0 Å². The van der Waals surface area contributed by atoms with Gasteiger partial charge in [0.25, 0.3) is 0 Å². The molecular weight excluding hydrogens is 270 g/mol. The molecule has 21 heavy (non-hydrogen) atoms. The van der Waals surface area contributed by atoms with Gasteiger partial charge in [-0.1, -0.05) is 18.2 Å². The predicted octanol–water partition coefficient (Wildman–Crippen LogP) is 1.62. The Morgan fingerprint density at radius 2 is 2.00 bits per heavy atom. The van der Waals surface area contributed by atoms with Gasteiger partial charge in [0.1, 0.15) is 17.9 Å². The van der Waals surface area contributed by atoms with Gasteiger partial charge in [0.05, 0.1) is 20.3 Å². The molecule has 1 fully saturated rings. The molecule has 1 unspecified atom stereocenters. The Hall–Kier alpha value is -1.59. The molecule has 5 heteroatoms. The van der Waals surface area contributed by atoms with Crippen LogP contribution < -0.4 is 10.1 Å². The number of esters is 1. The van der Waals surface area contributed by atoms with Crippen LogP contribution in [0.5, 0.6) is 5.75 Å². The van der Waals surface area contributed by atoms with E-state index in [2.05, 4.69) is 5.32 Å². The molecule has 0 aromatic heterocycles. The fraction of sp³-hybridized carbons (Fsp3) is 0.562. The Kier molecular flexibility index (Phi) is 5.59. The van der Waals surface area contributed by atoms with Crippen LogP contribution in [0.4, 0.5) is 0 Å². The number of benzene rings is 1. The third kappa shape index (κ3) is 3.95. The topological polar surface area (TPSA) is 56.8 Å². The molecule has 1 aliphatic carbocycles. The maximum Gasteiger partial charge on any atom is 0.328 e. The van der Waals surface area contributed by atoms with E-state index in [-0.39, 0.29) is 5.97 Å². The van der Waals surface area contributed by atoms with Crippen molar-refractivity contribution < 1.29 is 19.0 Å². The SMILES string of the molecule is CNC(COCCOc1ccccc1)(C(=O)OC)C1CC1. The number of rotatable bonds is 9. The zero-order valence-electron chi connectivity index (χ0n) is 12.6. The number of likely N-dealkylation sites (N-methyl/N-ethyl adjacent to an activating group) is 1. The number of carbonyl (C=O) groups is 1. The van der Waals surface area contributed by atoms with E-state index < -0.39 is 5.54 Å². The third-order valence-electron chi connectivity index (χ3n) is 3.84. The average Bonchev–Trinajstić information content (AvgIpc) is 3.37. The third-order valence-corrected chi connectivity index (χ3v) is 3.84. The second-order valence-corrected chi connectivity index (χ2v) is 5.20. The standard InChI is InChI=1S/C16H23NO4/c1-17-16(13-8-9-13,15(18)19-2)12-20-10-11-21-14-6-4-3-5-7-14/h3-7,13,17H,8-12H2,1-2H3. The van der Waals surface area contributed by atoms with Crippen LogP contribution in [0.15, 0.2) is 30.3 Å². The molecule has 2 rings (SSSR count). The fourth-order valence-electron chi connectivity index (χ4n) is 2.45. The number of para-hydroxylation sites is 1. The minimum absolute atomic E-state index is 0.253. The first kappa shape index (κ1) is 15.8. The zero-order valence-corrected chi connectivity index (χ0v) is 12.6. The van der Waals surface area contributed by atoms with Crippen LogP contribution >= 0.6 is 0 Å². The molecule has 1 N–H and O–H groups in total. The van der Waals surface area contributed by atoms with Crippen LogP contribution in [-0.4, -0.2) is 45.5 Å². The normalized spacial score (nSPS) is 17.0. The molecule has 1 aliphatic rings. The minimum atomic E-state index is -0.721. The monoisotopic (exact) mass is 293 g/mol. The summed E-state index contributed by atoms with van der Waals surface area (Å²) in [4.78, 5) is 12.0. The number of nitrogens with one attached hydrogen (secondary N) is 1. The summed E-state index contributed by atoms with van der Waals surface area (Å²) in [5, 5.41) is 3.10. The molecule has 0 radical (unpaired) electrons. The van der Waals surface area contributed by atoms with E-state index in [1.807, 2.05) is 30.3 Å². The number of carbonyl (C=O) groups excluding carboxylic acids is 1. The maximum atomic E-state index is 12.0. The molecule has 5 nitrogen and oxygen atoms in total. The molecule has 0 heterocycles. The highest BCUT2D eigenvalue weighted by atomic mass is 16.5. The summed E-state index contributed by atoms with van der Waals surface area (Å²) in [6.45, 7) is 1.19. The van der Waals surface area contributed by atoms with Gasteiger partial charge in [-0.05, 0) is 37.9 Å². The quantitative estimate of drug-likeness (QED) is 0.554. The highest BCUT2D eigenvalue weighted by Crippen LogP contribution is 2.40. The Morgan fingerprint density at radius 3 is 2.57 bits per heavy atom. The lowest BCUT2D eigenvalue weighted by Gasteiger charge is -2.30. The van der Waals surface area contributed by atoms with E-state index in [9.17, 15) is 4.79 Å². The summed E-state index contributed by atoms with van der Waals surface area (Å²) in [6, 6.07) is 9.59. The summed E-state index contributed by atoms with van der Waals surface area (Å²) in [5.41, 5.74) is -0.721. The minimum Gasteiger partial charge on any atom is -0.491 e. The van der Waals surface area contributed by atoms with Gasteiger partial charge in [-0.25, -0.2) is 4.79 Å². The van der Waals surface area contributed by atoms with Gasteiger partial charge in [0, 0.05) is 0 Å². The van der Waals surface area contributed by atoms with Crippen molar-refractivity contribution >= 4 is 5.97 Å². The van der Waals surface area contributed by atoms with Gasteiger partial charge in [0.15, 0.2) is 0 Å². The Labute approximate surface area is 125 Å². The first-order valence-electron chi connectivity index (χ1n) is 7.26. The van der Waals surface area contributed by atoms with Gasteiger partial charge in [0.2, 0.25) is 0 Å². The highest BCUT2D eigenvalue weighted by Gasteiger charge is 2.51. The largest absolute Gasteiger partial charge is 0.491 e. The lowest BCUT2D eigenvalue weighted by molar-refractivity contribution is -0.152. The predicted molar refractivity (Wildman–Crippen MR) is 79.3 cm³/mol. The van der Waals surface area contributed by atoms with Gasteiger partial charge in [-0.15, -0.1) is 0 Å². The first-order valence-corrected chi connectivity index (χ1v) is 7.26. The summed E-state index contributed by atoms with van der Waals surface area (Å²) >= 11 is 0. The molecule has 116 valence electrons. The lowest BCUT2D eigenvalue weighted by Crippen LogP contribution is -2.56. The number of hydrogen-bond acceptors (Lipinski definition) is 5. The van der Waals surface area contributed by atoms with E-state index in [4.69, 9.17) is 14.2 Å². The molecule has 0 amide bonds. The van der Waals surface area contributed by atoms with Crippen molar-refractivity contribution in [3.63, 3.8) is 0 Å². The van der Waals surface area contributed by atoms with Crippen molar-refractivity contribution in [3.8, 4) is 5.75 Å². The van der Waals surface area contributed by atoms with E-state index in [0.29, 0.717) is 25.7 Å². The second kappa shape index (κ2) is 7.43. The molecule has 0 spiro atoms. The number of hydrogen-bond donors (Lipinski definition) is 1. The lowest BCUT2D eigenvalue weighted by atomic mass is 9.94. The van der Waals surface area contributed by atoms with Crippen molar-refractivity contribution in [2.45, 2.75) is 18.4 Å². The highest BCUT2D eigenvalue weighted by molar-refractivity contribution is 5.82. The number of methoxy groups -OCH3 is 1. The fourth-order valence-corrected chi connectivity index (χ4v) is 2.45. The smallest absolute Gasteiger partial charge is 0.328 e. The van der Waals surface area contributed by atoms with E-state index in [0.717, 1.165) is 18.6 Å². The molecule has 1 aromatic carbocycles. The average molecular weight is 293 g/mol. The van der Waals surface area contributed by atoms with Gasteiger partial charge < -0.3 is 19.5 Å². The van der Waals surface area contributed by atoms with Crippen LogP contribution in [0.3, 0.4) is 0 Å². The van der Waals surface area contributed by atoms with Crippen molar-refractivity contribution in [3.05, 3.63) is 30.3 Å². The Morgan fingerprint density at radius 1 is 1.29 bits per heavy atom. The van der Waals surface area contributed by atoms with Crippen LogP contribution in [-0.2, 0) is 14.3 Å². The zero-order chi connectivity index (χ0) is 15.1. The number of ether oxygens (including phenoxy) is 3. The van der Waals surface area contributed by atoms with Crippen molar-refractivity contribution in [1.82, 2.24) is 5.32 Å². The summed E-state index contributed by atoms with van der Waals surface area (Å²) < 4.78 is 16.1. The van der Waals surface area contributed by atoms with Crippen LogP contribution in [0, 0.1) is 5.92 Å². The van der Waals surface area contributed by atoms with Crippen LogP contribution in [0.1, 0.15) is 12.8 Å². The van der Waals surface area contributed by atoms with Gasteiger partial charge in [-0.3, -0.25) is 0 Å². The summed E-state index contributed by atoms with van der Waals surface area (Å²) in [6.07, 6.45) is 2.06. The maximum absolute atomic E-state index is 12.0. The molecule has 1 saturated carbocycles. The first-order chi connectivity index (χ1) is 10.2. The van der Waals surface area contributed by atoms with Gasteiger partial charge in [-0.2, -0.15) is 0 Å². The summed E-state index contributed by atoms with van der Waals surface area (Å²) in [7, 11) is 3.19. The van der Waals surface area contributed by atoms with E-state index in [1.54, 1.807) is 7.05 Å². The summed E-state index contributed by atoms with van der Waals surface area (Å²) in [5.74, 6) is 0.859. The molecule has 0 aliphatic heterocycles. The molecule has 0 saturated heterocycles. The van der Waals surface area contributed by atoms with Gasteiger partial charge >= 0.3 is 5.97 Å². The van der Waals surface area contributed by atoms with E-state index in [1.165, 1.54) is 7.11 Å². The molecule has 1 aromatic rings. The molecular formula is C16H23NO4. The Balaban J connectivity index is 1.76. The van der Waals surface area contributed by atoms with Crippen LogP contribution in [0.2, 0.25) is 0 Å². The van der Waals surface area contributed by atoms with Crippen molar-refractivity contribution in [2.24, 2.45) is 5.92 Å². The Bertz CT molecular complexity index is 447. The molecule has 1 atom stereocenters. The van der Waals surface area contributed by atoms with Crippen molar-refractivity contribution in [2.75, 3.05) is 34.0 Å². The second-order valence-electron chi connectivity index (χ2n) is 5.20. The van der Waals surface area contributed by atoms with Crippen molar-refractivity contribution in [1.29, 1.82) is 0 Å². The molecule has 0 bridgehead atoms.